The number of hydrogen-bond acceptors (Lipinski definition) is 4. The van der Waals surface area contributed by atoms with Gasteiger partial charge in [-0.3, -0.25) is 4.79 Å². The lowest BCUT2D eigenvalue weighted by molar-refractivity contribution is -0.438. The van der Waals surface area contributed by atoms with Crippen molar-refractivity contribution in [2.24, 2.45) is 0 Å². The third-order valence-corrected chi connectivity index (χ3v) is 1.26. The molecule has 0 spiro atoms. The molecule has 0 unspecified atom stereocenters. The molecule has 3 N–H and O–H groups in total. The summed E-state index contributed by atoms with van der Waals surface area (Å²) in [6, 6.07) is -0.839. The van der Waals surface area contributed by atoms with Gasteiger partial charge < -0.3 is 20.4 Å². The minimum Gasteiger partial charge on any atom is -0.544 e. The number of esters is 1. The van der Waals surface area contributed by atoms with Gasteiger partial charge in [0.2, 0.25) is 0 Å². The van der Waals surface area contributed by atoms with Crippen molar-refractivity contribution in [1.82, 2.24) is 0 Å². The Hall–Kier alpha value is -1.10. The fourth-order valence-electron chi connectivity index (χ4n) is 0.512. The Morgan fingerprint density at radius 1 is 1.64 bits per heavy atom. The highest BCUT2D eigenvalue weighted by Crippen LogP contribution is 1.93. The standard InChI is InChI=1S/C6H11NO4/c1-11-5(8)3-2-4(7)6(9)10/h4H,2-3,7H2,1H3,(H,9,10)/t4-/m1/s1. The van der Waals surface area contributed by atoms with E-state index >= 15 is 0 Å². The maximum Gasteiger partial charge on any atom is 0.305 e. The van der Waals surface area contributed by atoms with Crippen molar-refractivity contribution in [2.45, 2.75) is 18.9 Å². The highest BCUT2D eigenvalue weighted by atomic mass is 16.5. The Kier molecular flexibility index (Phi) is 4.21. The predicted molar refractivity (Wildman–Crippen MR) is 32.9 cm³/mol. The van der Waals surface area contributed by atoms with Gasteiger partial charge in [-0.05, 0) is 0 Å². The Balaban J connectivity index is 3.54. The van der Waals surface area contributed by atoms with Gasteiger partial charge in [-0.15, -0.1) is 0 Å². The zero-order valence-electron chi connectivity index (χ0n) is 6.33. The molecule has 0 aromatic rings. The van der Waals surface area contributed by atoms with E-state index in [0.717, 1.165) is 0 Å². The molecule has 0 radical (unpaired) electrons. The molecule has 0 amide bonds. The second-order valence-corrected chi connectivity index (χ2v) is 2.13. The van der Waals surface area contributed by atoms with Crippen LogP contribution in [0.1, 0.15) is 12.8 Å². The predicted octanol–water partition coefficient (Wildman–Crippen LogP) is -2.70. The molecule has 5 heteroatoms. The molecule has 11 heavy (non-hydrogen) atoms. The first kappa shape index (κ1) is 9.90. The molecule has 0 aliphatic carbocycles. The molecule has 1 atom stereocenters. The third kappa shape index (κ3) is 4.32. The number of carbonyl (C=O) groups is 2. The number of rotatable bonds is 4. The molecular formula is C6H11NO4. The Morgan fingerprint density at radius 2 is 2.18 bits per heavy atom. The number of hydrogen-bond donors (Lipinski definition) is 1. The topological polar surface area (TPSA) is 94.1 Å². The normalized spacial score (nSPS) is 12.2. The van der Waals surface area contributed by atoms with Crippen LogP contribution in [0.3, 0.4) is 0 Å². The van der Waals surface area contributed by atoms with Gasteiger partial charge in [-0.1, -0.05) is 0 Å². The zero-order valence-corrected chi connectivity index (χ0v) is 6.33. The van der Waals surface area contributed by atoms with Crippen molar-refractivity contribution in [1.29, 1.82) is 0 Å². The fraction of sp³-hybridized carbons (Fsp3) is 0.667. The first-order valence-corrected chi connectivity index (χ1v) is 3.18. The average molecular weight is 161 g/mol. The van der Waals surface area contributed by atoms with Gasteiger partial charge in [-0.2, -0.15) is 0 Å². The van der Waals surface area contributed by atoms with E-state index in [1.165, 1.54) is 7.11 Å². The summed E-state index contributed by atoms with van der Waals surface area (Å²) in [4.78, 5) is 20.5. The Labute approximate surface area is 64.1 Å². The van der Waals surface area contributed by atoms with Crippen LogP contribution >= 0.6 is 0 Å². The minimum atomic E-state index is -1.24. The molecule has 5 nitrogen and oxygen atoms in total. The largest absolute Gasteiger partial charge is 0.544 e. The van der Waals surface area contributed by atoms with Crippen LogP contribution in [0, 0.1) is 0 Å². The lowest BCUT2D eigenvalue weighted by Crippen LogP contribution is -2.68. The van der Waals surface area contributed by atoms with Crippen molar-refractivity contribution in [2.75, 3.05) is 7.11 Å². The van der Waals surface area contributed by atoms with Gasteiger partial charge in [0.1, 0.15) is 6.04 Å². The number of quaternary nitrogens is 1. The Morgan fingerprint density at radius 3 is 2.55 bits per heavy atom. The summed E-state index contributed by atoms with van der Waals surface area (Å²) in [6.07, 6.45) is 0.230. The summed E-state index contributed by atoms with van der Waals surface area (Å²) in [5.74, 6) is -1.67. The fourth-order valence-corrected chi connectivity index (χ4v) is 0.512. The van der Waals surface area contributed by atoms with Crippen LogP contribution in [0.5, 0.6) is 0 Å². The van der Waals surface area contributed by atoms with Crippen molar-refractivity contribution >= 4 is 11.9 Å². The van der Waals surface area contributed by atoms with Crippen LogP contribution in [-0.2, 0) is 14.3 Å². The second-order valence-electron chi connectivity index (χ2n) is 2.13. The van der Waals surface area contributed by atoms with E-state index in [2.05, 4.69) is 10.5 Å². The molecule has 64 valence electrons. The Bertz CT molecular complexity index is 157. The van der Waals surface area contributed by atoms with Crippen molar-refractivity contribution < 1.29 is 25.2 Å². The highest BCUT2D eigenvalue weighted by Gasteiger charge is 2.09. The van der Waals surface area contributed by atoms with E-state index in [0.29, 0.717) is 0 Å². The molecule has 0 saturated carbocycles. The summed E-state index contributed by atoms with van der Waals surface area (Å²) in [5.41, 5.74) is 3.27. The van der Waals surface area contributed by atoms with Crippen LogP contribution in [0.4, 0.5) is 0 Å². The van der Waals surface area contributed by atoms with Crippen molar-refractivity contribution in [3.63, 3.8) is 0 Å². The maximum atomic E-state index is 10.5. The van der Waals surface area contributed by atoms with E-state index in [1.54, 1.807) is 0 Å². The first-order valence-electron chi connectivity index (χ1n) is 3.18. The zero-order chi connectivity index (χ0) is 8.85. The first-order chi connectivity index (χ1) is 5.07. The van der Waals surface area contributed by atoms with E-state index < -0.39 is 18.0 Å². The van der Waals surface area contributed by atoms with E-state index in [1.807, 2.05) is 0 Å². The van der Waals surface area contributed by atoms with Crippen LogP contribution in [0.25, 0.3) is 0 Å². The molecule has 0 aromatic carbocycles. The number of carboxylic acid groups (broad SMARTS) is 1. The van der Waals surface area contributed by atoms with E-state index in [4.69, 9.17) is 0 Å². The number of carboxylic acids is 1. The van der Waals surface area contributed by atoms with Gasteiger partial charge in [0.15, 0.2) is 0 Å². The van der Waals surface area contributed by atoms with E-state index in [-0.39, 0.29) is 12.8 Å². The summed E-state index contributed by atoms with van der Waals surface area (Å²) in [6.45, 7) is 0. The smallest absolute Gasteiger partial charge is 0.305 e. The average Bonchev–Trinajstić information content (AvgIpc) is 1.99. The summed E-state index contributed by atoms with van der Waals surface area (Å²) in [5, 5.41) is 10.1. The molecular weight excluding hydrogens is 150 g/mol. The van der Waals surface area contributed by atoms with Crippen LogP contribution in [0.15, 0.2) is 0 Å². The number of aliphatic carboxylic acids is 1. The van der Waals surface area contributed by atoms with Crippen molar-refractivity contribution in [3.05, 3.63) is 0 Å². The molecule has 0 heterocycles. The molecule has 0 bridgehead atoms. The number of ether oxygens (including phenoxy) is 1. The molecule has 0 aromatic heterocycles. The quantitative estimate of drug-likeness (QED) is 0.454. The van der Waals surface area contributed by atoms with Crippen LogP contribution in [0.2, 0.25) is 0 Å². The lowest BCUT2D eigenvalue weighted by atomic mass is 10.2. The molecule has 0 rings (SSSR count). The molecule has 0 fully saturated rings. The summed E-state index contributed by atoms with van der Waals surface area (Å²) in [7, 11) is 1.25. The second kappa shape index (κ2) is 4.68. The van der Waals surface area contributed by atoms with Crippen LogP contribution in [-0.4, -0.2) is 25.1 Å². The van der Waals surface area contributed by atoms with Crippen LogP contribution < -0.4 is 10.8 Å². The van der Waals surface area contributed by atoms with Gasteiger partial charge in [-0.25, -0.2) is 0 Å². The van der Waals surface area contributed by atoms with Gasteiger partial charge in [0.25, 0.3) is 0 Å². The monoisotopic (exact) mass is 161 g/mol. The van der Waals surface area contributed by atoms with E-state index in [9.17, 15) is 14.7 Å². The SMILES string of the molecule is COC(=O)CC[C@@H]([NH3+])C(=O)[O-]. The molecule has 0 aliphatic heterocycles. The summed E-state index contributed by atoms with van der Waals surface area (Å²) >= 11 is 0. The van der Waals surface area contributed by atoms with Gasteiger partial charge >= 0.3 is 5.97 Å². The third-order valence-electron chi connectivity index (χ3n) is 1.26. The minimum absolute atomic E-state index is 0.0681. The number of carbonyl (C=O) groups excluding carboxylic acids is 2. The van der Waals surface area contributed by atoms with Gasteiger partial charge in [0, 0.05) is 6.42 Å². The summed E-state index contributed by atoms with van der Waals surface area (Å²) < 4.78 is 4.30. The lowest BCUT2D eigenvalue weighted by Gasteiger charge is -2.07. The highest BCUT2D eigenvalue weighted by molar-refractivity contribution is 5.72. The number of methoxy groups -OCH3 is 1. The molecule has 0 saturated heterocycles. The van der Waals surface area contributed by atoms with Crippen molar-refractivity contribution in [3.8, 4) is 0 Å². The maximum absolute atomic E-state index is 10.5. The molecule has 0 aliphatic rings. The van der Waals surface area contributed by atoms with Gasteiger partial charge in [0.05, 0.1) is 19.5 Å².